The predicted octanol–water partition coefficient (Wildman–Crippen LogP) is 4.90. The first-order valence-electron chi connectivity index (χ1n) is 11.9. The molecule has 0 radical (unpaired) electrons. The van der Waals surface area contributed by atoms with Crippen molar-refractivity contribution in [2.75, 3.05) is 25.2 Å². The molecule has 0 unspecified atom stereocenters. The molecular weight excluding hydrogens is 456 g/mol. The highest BCUT2D eigenvalue weighted by molar-refractivity contribution is 6.06. The zero-order valence-electron chi connectivity index (χ0n) is 20.2. The van der Waals surface area contributed by atoms with Crippen molar-refractivity contribution < 1.29 is 18.7 Å². The first-order chi connectivity index (χ1) is 17.6. The van der Waals surface area contributed by atoms with Gasteiger partial charge >= 0.3 is 0 Å². The van der Waals surface area contributed by atoms with Crippen LogP contribution in [0.4, 0.5) is 5.69 Å². The normalized spacial score (nSPS) is 15.8. The van der Waals surface area contributed by atoms with Gasteiger partial charge in [-0.1, -0.05) is 24.3 Å². The summed E-state index contributed by atoms with van der Waals surface area (Å²) in [7, 11) is 1.64. The Morgan fingerprint density at radius 1 is 1.08 bits per heavy atom. The van der Waals surface area contributed by atoms with Gasteiger partial charge in [0, 0.05) is 17.3 Å². The average Bonchev–Trinajstić information content (AvgIpc) is 3.48. The summed E-state index contributed by atoms with van der Waals surface area (Å²) < 4.78 is 18.3. The minimum atomic E-state index is -0.0221. The van der Waals surface area contributed by atoms with Crippen LogP contribution in [-0.2, 0) is 16.1 Å². The molecule has 6 rings (SSSR count). The van der Waals surface area contributed by atoms with Crippen LogP contribution in [0.15, 0.2) is 65.5 Å². The van der Waals surface area contributed by atoms with Crippen molar-refractivity contribution in [3.63, 3.8) is 0 Å². The average molecular weight is 483 g/mol. The minimum Gasteiger partial charge on any atom is -0.497 e. The number of aryl methyl sites for hydroxylation is 1. The van der Waals surface area contributed by atoms with Gasteiger partial charge in [0.1, 0.15) is 11.5 Å². The Hall–Kier alpha value is -4.17. The number of fused-ring (bicyclic) bond motifs is 1. The number of amides is 1. The van der Waals surface area contributed by atoms with Crippen molar-refractivity contribution in [3.05, 3.63) is 83.8 Å². The number of hydrogen-bond donors (Lipinski definition) is 0. The molecule has 1 saturated heterocycles. The smallest absolute Gasteiger partial charge is 0.231 e. The van der Waals surface area contributed by atoms with Crippen molar-refractivity contribution in [1.82, 2.24) is 14.8 Å². The SMILES string of the molecule is COc1ccc(CN2C(=O)CC(c3ncc(C)o3)=Cc3ccc(-c4cnn(C5COC5)c4)cc32)cc1. The van der Waals surface area contributed by atoms with E-state index in [1.807, 2.05) is 65.3 Å². The lowest BCUT2D eigenvalue weighted by Gasteiger charge is -2.26. The number of methoxy groups -OCH3 is 1. The number of carbonyl (C=O) groups excluding carboxylic acids is 1. The van der Waals surface area contributed by atoms with Crippen LogP contribution in [0.5, 0.6) is 5.75 Å². The number of nitrogens with zero attached hydrogens (tertiary/aromatic N) is 4. The second-order valence-corrected chi connectivity index (χ2v) is 9.12. The number of benzene rings is 2. The first-order valence-corrected chi connectivity index (χ1v) is 11.9. The second kappa shape index (κ2) is 9.13. The summed E-state index contributed by atoms with van der Waals surface area (Å²) in [5.41, 5.74) is 5.54. The number of aromatic nitrogens is 3. The molecule has 182 valence electrons. The molecule has 0 bridgehead atoms. The fraction of sp³-hybridized carbons (Fsp3) is 0.250. The van der Waals surface area contributed by atoms with Gasteiger partial charge in [0.15, 0.2) is 0 Å². The molecular formula is C28H26N4O4. The van der Waals surface area contributed by atoms with Gasteiger partial charge in [0.2, 0.25) is 11.8 Å². The van der Waals surface area contributed by atoms with Gasteiger partial charge in [-0.2, -0.15) is 5.10 Å². The molecule has 2 aliphatic heterocycles. The Morgan fingerprint density at radius 3 is 2.61 bits per heavy atom. The maximum atomic E-state index is 13.6. The van der Waals surface area contributed by atoms with E-state index >= 15 is 0 Å². The van der Waals surface area contributed by atoms with E-state index in [0.717, 1.165) is 39.3 Å². The van der Waals surface area contributed by atoms with E-state index in [1.54, 1.807) is 13.3 Å². The summed E-state index contributed by atoms with van der Waals surface area (Å²) in [5, 5.41) is 4.53. The molecule has 1 fully saturated rings. The van der Waals surface area contributed by atoms with Crippen LogP contribution in [-0.4, -0.2) is 41.0 Å². The Balaban J connectivity index is 1.40. The summed E-state index contributed by atoms with van der Waals surface area (Å²) in [6.07, 6.45) is 7.78. The van der Waals surface area contributed by atoms with Crippen molar-refractivity contribution >= 4 is 23.2 Å². The van der Waals surface area contributed by atoms with Crippen LogP contribution < -0.4 is 9.64 Å². The minimum absolute atomic E-state index is 0.0221. The molecule has 0 spiro atoms. The van der Waals surface area contributed by atoms with Gasteiger partial charge in [-0.05, 0) is 47.9 Å². The molecule has 0 atom stereocenters. The van der Waals surface area contributed by atoms with Crippen LogP contribution in [0.25, 0.3) is 22.8 Å². The van der Waals surface area contributed by atoms with Crippen molar-refractivity contribution in [3.8, 4) is 16.9 Å². The van der Waals surface area contributed by atoms with Crippen LogP contribution in [0.2, 0.25) is 0 Å². The second-order valence-electron chi connectivity index (χ2n) is 9.12. The van der Waals surface area contributed by atoms with Crippen LogP contribution in [0.3, 0.4) is 0 Å². The lowest BCUT2D eigenvalue weighted by Crippen LogP contribution is -2.30. The molecule has 0 N–H and O–H groups in total. The third kappa shape index (κ3) is 4.20. The van der Waals surface area contributed by atoms with Gasteiger partial charge in [-0.25, -0.2) is 4.98 Å². The predicted molar refractivity (Wildman–Crippen MR) is 135 cm³/mol. The number of rotatable bonds is 6. The standard InChI is InChI=1S/C28H26N4O4/c1-18-12-29-28(36-18)22-9-21-6-5-20(23-13-30-32(15-23)24-16-35-17-24)10-26(21)31(27(33)11-22)14-19-3-7-25(34-2)8-4-19/h3-10,12-13,15,24H,11,14,16-17H2,1-2H3. The first kappa shape index (κ1) is 22.3. The van der Waals surface area contributed by atoms with Gasteiger partial charge in [0.25, 0.3) is 0 Å². The lowest BCUT2D eigenvalue weighted by atomic mass is 10.0. The fourth-order valence-electron chi connectivity index (χ4n) is 4.50. The Kier molecular flexibility index (Phi) is 5.65. The van der Waals surface area contributed by atoms with E-state index in [-0.39, 0.29) is 18.4 Å². The molecule has 8 nitrogen and oxygen atoms in total. The van der Waals surface area contributed by atoms with E-state index in [4.69, 9.17) is 13.9 Å². The Bertz CT molecular complexity index is 1450. The molecule has 0 saturated carbocycles. The zero-order chi connectivity index (χ0) is 24.6. The maximum absolute atomic E-state index is 13.6. The van der Waals surface area contributed by atoms with E-state index < -0.39 is 0 Å². The molecule has 36 heavy (non-hydrogen) atoms. The molecule has 1 amide bonds. The highest BCUT2D eigenvalue weighted by atomic mass is 16.5. The molecule has 4 aromatic rings. The Morgan fingerprint density at radius 2 is 1.92 bits per heavy atom. The quantitative estimate of drug-likeness (QED) is 0.389. The summed E-state index contributed by atoms with van der Waals surface area (Å²) >= 11 is 0. The summed E-state index contributed by atoms with van der Waals surface area (Å²) in [6.45, 7) is 3.65. The van der Waals surface area contributed by atoms with Crippen LogP contribution in [0, 0.1) is 6.92 Å². The van der Waals surface area contributed by atoms with Crippen LogP contribution >= 0.6 is 0 Å². The number of hydrogen-bond acceptors (Lipinski definition) is 6. The van der Waals surface area contributed by atoms with Gasteiger partial charge < -0.3 is 18.8 Å². The van der Waals surface area contributed by atoms with Crippen molar-refractivity contribution in [2.24, 2.45) is 0 Å². The van der Waals surface area contributed by atoms with Crippen LogP contribution in [0.1, 0.15) is 35.2 Å². The highest BCUT2D eigenvalue weighted by Crippen LogP contribution is 2.37. The Labute approximate surface area is 208 Å². The molecule has 2 aromatic carbocycles. The van der Waals surface area contributed by atoms with Crippen molar-refractivity contribution in [1.29, 1.82) is 0 Å². The summed E-state index contributed by atoms with van der Waals surface area (Å²) in [4.78, 5) is 19.9. The largest absolute Gasteiger partial charge is 0.497 e. The third-order valence-corrected chi connectivity index (χ3v) is 6.62. The number of ether oxygens (including phenoxy) is 2. The van der Waals surface area contributed by atoms with E-state index in [9.17, 15) is 4.79 Å². The fourth-order valence-corrected chi connectivity index (χ4v) is 4.50. The molecule has 8 heteroatoms. The van der Waals surface area contributed by atoms with E-state index in [0.29, 0.717) is 31.4 Å². The zero-order valence-corrected chi connectivity index (χ0v) is 20.2. The maximum Gasteiger partial charge on any atom is 0.231 e. The molecule has 2 aromatic heterocycles. The van der Waals surface area contributed by atoms with Gasteiger partial charge in [0.05, 0.1) is 57.4 Å². The van der Waals surface area contributed by atoms with E-state index in [1.165, 1.54) is 0 Å². The monoisotopic (exact) mass is 482 g/mol. The molecule has 4 heterocycles. The topological polar surface area (TPSA) is 82.6 Å². The van der Waals surface area contributed by atoms with E-state index in [2.05, 4.69) is 22.2 Å². The number of carbonyl (C=O) groups is 1. The number of oxazole rings is 1. The summed E-state index contributed by atoms with van der Waals surface area (Å²) in [5.74, 6) is 1.94. The van der Waals surface area contributed by atoms with Gasteiger partial charge in [-0.3, -0.25) is 9.48 Å². The highest BCUT2D eigenvalue weighted by Gasteiger charge is 2.27. The van der Waals surface area contributed by atoms with Gasteiger partial charge in [-0.15, -0.1) is 0 Å². The third-order valence-electron chi connectivity index (χ3n) is 6.62. The van der Waals surface area contributed by atoms with Crippen molar-refractivity contribution in [2.45, 2.75) is 25.9 Å². The summed E-state index contributed by atoms with van der Waals surface area (Å²) in [6, 6.07) is 14.2. The lowest BCUT2D eigenvalue weighted by molar-refractivity contribution is -0.117. The number of anilines is 1. The molecule has 0 aliphatic carbocycles. The molecule has 2 aliphatic rings.